The van der Waals surface area contributed by atoms with Crippen LogP contribution in [0.1, 0.15) is 24.5 Å². The smallest absolute Gasteiger partial charge is 0.244 e. The van der Waals surface area contributed by atoms with Crippen molar-refractivity contribution in [3.8, 4) is 0 Å². The second-order valence-corrected chi connectivity index (χ2v) is 10.7. The Hall–Kier alpha value is -3.72. The Labute approximate surface area is 218 Å². The number of amides is 2. The largest absolute Gasteiger partial charge is 0.354 e. The minimum absolute atomic E-state index is 0.109. The quantitative estimate of drug-likeness (QED) is 0.390. The Balaban J connectivity index is 2.01. The van der Waals surface area contributed by atoms with Crippen LogP contribution in [0, 0.1) is 5.82 Å². The minimum Gasteiger partial charge on any atom is -0.354 e. The molecule has 0 saturated heterocycles. The van der Waals surface area contributed by atoms with Gasteiger partial charge in [-0.3, -0.25) is 13.9 Å². The second-order valence-electron chi connectivity index (χ2n) is 8.75. The molecule has 37 heavy (non-hydrogen) atoms. The number of nitrogens with zero attached hydrogens (tertiary/aromatic N) is 2. The van der Waals surface area contributed by atoms with Gasteiger partial charge >= 0.3 is 0 Å². The Morgan fingerprint density at radius 1 is 0.892 bits per heavy atom. The molecule has 0 spiro atoms. The Morgan fingerprint density at radius 2 is 1.46 bits per heavy atom. The van der Waals surface area contributed by atoms with Crippen LogP contribution in [0.4, 0.5) is 10.1 Å². The monoisotopic (exact) mass is 525 g/mol. The molecule has 0 unspecified atom stereocenters. The van der Waals surface area contributed by atoms with Crippen molar-refractivity contribution in [2.24, 2.45) is 0 Å². The van der Waals surface area contributed by atoms with Crippen molar-refractivity contribution < 1.29 is 22.4 Å². The lowest BCUT2D eigenvalue weighted by atomic mass is 10.0. The van der Waals surface area contributed by atoms with Gasteiger partial charge in [0.2, 0.25) is 21.8 Å². The van der Waals surface area contributed by atoms with Gasteiger partial charge in [-0.25, -0.2) is 12.8 Å². The molecule has 0 aliphatic carbocycles. The van der Waals surface area contributed by atoms with Crippen LogP contribution in [0.15, 0.2) is 84.9 Å². The summed E-state index contributed by atoms with van der Waals surface area (Å²) in [7, 11) is -3.89. The molecule has 1 atom stereocenters. The predicted octanol–water partition coefficient (Wildman–Crippen LogP) is 3.76. The molecule has 3 aromatic rings. The molecule has 2 amide bonds. The van der Waals surface area contributed by atoms with Gasteiger partial charge in [-0.1, -0.05) is 67.6 Å². The van der Waals surface area contributed by atoms with Crippen LogP contribution < -0.4 is 9.62 Å². The average molecular weight is 526 g/mol. The third-order valence-corrected chi connectivity index (χ3v) is 6.95. The van der Waals surface area contributed by atoms with Crippen LogP contribution >= 0.6 is 0 Å². The lowest BCUT2D eigenvalue weighted by molar-refractivity contribution is -0.140. The summed E-state index contributed by atoms with van der Waals surface area (Å²) >= 11 is 0. The first-order chi connectivity index (χ1) is 17.7. The standard InChI is InChI=1S/C28H32FN3O4S/c1-3-18-30-28(34)26(19-22-10-6-4-7-11-22)31(20-23-12-8-5-9-13-23)27(33)21-32(37(2,35)36)25-16-14-24(29)15-17-25/h4-17,26H,3,18-21H2,1-2H3,(H,30,34)/t26-/m0/s1. The summed E-state index contributed by atoms with van der Waals surface area (Å²) in [5.41, 5.74) is 1.82. The fourth-order valence-electron chi connectivity index (χ4n) is 3.92. The van der Waals surface area contributed by atoms with Crippen molar-refractivity contribution in [1.29, 1.82) is 0 Å². The van der Waals surface area contributed by atoms with E-state index in [4.69, 9.17) is 0 Å². The average Bonchev–Trinajstić information content (AvgIpc) is 2.89. The molecule has 0 aliphatic heterocycles. The molecule has 7 nitrogen and oxygen atoms in total. The van der Waals surface area contributed by atoms with Crippen LogP contribution in [-0.2, 0) is 32.6 Å². The van der Waals surface area contributed by atoms with E-state index in [-0.39, 0.29) is 24.6 Å². The maximum Gasteiger partial charge on any atom is 0.244 e. The van der Waals surface area contributed by atoms with Crippen molar-refractivity contribution >= 4 is 27.5 Å². The number of hydrogen-bond donors (Lipinski definition) is 1. The molecule has 196 valence electrons. The van der Waals surface area contributed by atoms with Crippen LogP contribution in [0.5, 0.6) is 0 Å². The van der Waals surface area contributed by atoms with Gasteiger partial charge in [-0.2, -0.15) is 0 Å². The highest BCUT2D eigenvalue weighted by atomic mass is 32.2. The third-order valence-electron chi connectivity index (χ3n) is 5.81. The van der Waals surface area contributed by atoms with Crippen molar-refractivity contribution in [3.63, 3.8) is 0 Å². The van der Waals surface area contributed by atoms with E-state index < -0.39 is 34.3 Å². The van der Waals surface area contributed by atoms with E-state index in [9.17, 15) is 22.4 Å². The van der Waals surface area contributed by atoms with Gasteiger partial charge in [0.1, 0.15) is 18.4 Å². The topological polar surface area (TPSA) is 86.8 Å². The molecule has 0 fully saturated rings. The van der Waals surface area contributed by atoms with Crippen molar-refractivity contribution in [3.05, 3.63) is 102 Å². The number of rotatable bonds is 12. The van der Waals surface area contributed by atoms with E-state index in [0.717, 1.165) is 40.2 Å². The van der Waals surface area contributed by atoms with Gasteiger partial charge in [0.05, 0.1) is 11.9 Å². The molecule has 0 aromatic heterocycles. The molecule has 0 aliphatic rings. The predicted molar refractivity (Wildman–Crippen MR) is 143 cm³/mol. The molecular formula is C28H32FN3O4S. The normalized spacial score (nSPS) is 12.0. The van der Waals surface area contributed by atoms with Gasteiger partial charge in [0.15, 0.2) is 0 Å². The first-order valence-electron chi connectivity index (χ1n) is 12.1. The number of anilines is 1. The van der Waals surface area contributed by atoms with Crippen LogP contribution in [-0.4, -0.2) is 50.5 Å². The Morgan fingerprint density at radius 3 is 2.00 bits per heavy atom. The molecule has 0 saturated carbocycles. The van der Waals surface area contributed by atoms with Gasteiger partial charge in [0.25, 0.3) is 0 Å². The van der Waals surface area contributed by atoms with E-state index >= 15 is 0 Å². The van der Waals surface area contributed by atoms with Gasteiger partial charge in [-0.15, -0.1) is 0 Å². The van der Waals surface area contributed by atoms with Crippen LogP contribution in [0.25, 0.3) is 0 Å². The number of benzene rings is 3. The number of halogens is 1. The molecule has 1 N–H and O–H groups in total. The zero-order valence-electron chi connectivity index (χ0n) is 21.0. The number of nitrogens with one attached hydrogen (secondary N) is 1. The van der Waals surface area contributed by atoms with Crippen LogP contribution in [0.2, 0.25) is 0 Å². The summed E-state index contributed by atoms with van der Waals surface area (Å²) < 4.78 is 39.7. The fourth-order valence-corrected chi connectivity index (χ4v) is 4.77. The lowest BCUT2D eigenvalue weighted by Gasteiger charge is -2.33. The molecule has 3 aromatic carbocycles. The van der Waals surface area contributed by atoms with E-state index in [0.29, 0.717) is 6.54 Å². The first kappa shape index (κ1) is 27.9. The van der Waals surface area contributed by atoms with E-state index in [1.807, 2.05) is 67.6 Å². The van der Waals surface area contributed by atoms with Gasteiger partial charge in [0, 0.05) is 19.5 Å². The summed E-state index contributed by atoms with van der Waals surface area (Å²) in [6.45, 7) is 1.95. The number of carbonyl (C=O) groups excluding carboxylic acids is 2. The SMILES string of the molecule is CCCNC(=O)[C@H](Cc1ccccc1)N(Cc1ccccc1)C(=O)CN(c1ccc(F)cc1)S(C)(=O)=O. The molecule has 0 bridgehead atoms. The van der Waals surface area contributed by atoms with Gasteiger partial charge in [-0.05, 0) is 41.8 Å². The zero-order chi connectivity index (χ0) is 26.8. The molecule has 3 rings (SSSR count). The highest BCUT2D eigenvalue weighted by Gasteiger charge is 2.32. The van der Waals surface area contributed by atoms with Crippen molar-refractivity contribution in [2.75, 3.05) is 23.7 Å². The highest BCUT2D eigenvalue weighted by Crippen LogP contribution is 2.20. The summed E-state index contributed by atoms with van der Waals surface area (Å²) in [4.78, 5) is 28.6. The molecule has 0 heterocycles. The molecular weight excluding hydrogens is 493 g/mol. The summed E-state index contributed by atoms with van der Waals surface area (Å²) in [6.07, 6.45) is 1.97. The Bertz CT molecular complexity index is 1270. The zero-order valence-corrected chi connectivity index (χ0v) is 21.8. The highest BCUT2D eigenvalue weighted by molar-refractivity contribution is 7.92. The van der Waals surface area contributed by atoms with E-state index in [1.54, 1.807) is 0 Å². The van der Waals surface area contributed by atoms with E-state index in [1.165, 1.54) is 17.0 Å². The number of hydrogen-bond acceptors (Lipinski definition) is 4. The number of sulfonamides is 1. The number of carbonyl (C=O) groups is 2. The summed E-state index contributed by atoms with van der Waals surface area (Å²) in [6, 6.07) is 22.6. The minimum atomic E-state index is -3.89. The van der Waals surface area contributed by atoms with Gasteiger partial charge < -0.3 is 10.2 Å². The maximum absolute atomic E-state index is 13.8. The summed E-state index contributed by atoms with van der Waals surface area (Å²) in [5, 5.41) is 2.89. The van der Waals surface area contributed by atoms with Crippen LogP contribution in [0.3, 0.4) is 0 Å². The second kappa shape index (κ2) is 13.0. The van der Waals surface area contributed by atoms with Crippen molar-refractivity contribution in [1.82, 2.24) is 10.2 Å². The maximum atomic E-state index is 13.8. The Kier molecular flexibility index (Phi) is 9.79. The fraction of sp³-hybridized carbons (Fsp3) is 0.286. The lowest BCUT2D eigenvalue weighted by Crippen LogP contribution is -2.53. The first-order valence-corrected chi connectivity index (χ1v) is 13.9. The summed E-state index contributed by atoms with van der Waals surface area (Å²) in [5.74, 6) is -1.39. The molecule has 0 radical (unpaired) electrons. The third kappa shape index (κ3) is 8.15. The van der Waals surface area contributed by atoms with Crippen molar-refractivity contribution in [2.45, 2.75) is 32.4 Å². The van der Waals surface area contributed by atoms with E-state index in [2.05, 4.69) is 5.32 Å². The molecule has 9 heteroatoms.